The Balaban J connectivity index is 2.09. The van der Waals surface area contributed by atoms with Crippen LogP contribution in [0.5, 0.6) is 0 Å². The Hall–Kier alpha value is -2.62. The molecular weight excluding hydrogens is 368 g/mol. The van der Waals surface area contributed by atoms with Crippen molar-refractivity contribution in [3.05, 3.63) is 52.0 Å². The highest BCUT2D eigenvalue weighted by atomic mass is 15.3. The fraction of sp³-hybridized carbons (Fsp3) is 0.462. The second kappa shape index (κ2) is 7.90. The molecule has 4 aromatic rings. The average molecular weight is 403 g/mol. The van der Waals surface area contributed by atoms with Gasteiger partial charge in [0.05, 0.1) is 17.0 Å². The zero-order valence-electron chi connectivity index (χ0n) is 19.6. The van der Waals surface area contributed by atoms with Crippen molar-refractivity contribution in [3.8, 4) is 11.1 Å². The summed E-state index contributed by atoms with van der Waals surface area (Å²) in [5.41, 5.74) is 12.0. The fourth-order valence-corrected chi connectivity index (χ4v) is 4.97. The molecule has 0 fully saturated rings. The van der Waals surface area contributed by atoms with E-state index in [4.69, 9.17) is 10.1 Å². The summed E-state index contributed by atoms with van der Waals surface area (Å²) in [5.74, 6) is 0. The van der Waals surface area contributed by atoms with E-state index in [1.165, 1.54) is 57.4 Å². The number of hydrogen-bond donors (Lipinski definition) is 0. The van der Waals surface area contributed by atoms with Crippen molar-refractivity contribution in [3.63, 3.8) is 0 Å². The maximum absolute atomic E-state index is 5.09. The van der Waals surface area contributed by atoms with Crippen molar-refractivity contribution in [2.75, 3.05) is 0 Å². The number of hydrogen-bond acceptors (Lipinski definition) is 2. The van der Waals surface area contributed by atoms with Gasteiger partial charge in [0.1, 0.15) is 5.65 Å². The van der Waals surface area contributed by atoms with Crippen LogP contribution in [0.2, 0.25) is 0 Å². The summed E-state index contributed by atoms with van der Waals surface area (Å²) in [6.45, 7) is 16.4. The molecule has 3 aromatic heterocycles. The minimum atomic E-state index is 0.978. The lowest BCUT2D eigenvalue weighted by atomic mass is 9.94. The minimum Gasteiger partial charge on any atom is -0.329 e. The van der Waals surface area contributed by atoms with Gasteiger partial charge in [0.15, 0.2) is 5.65 Å². The van der Waals surface area contributed by atoms with E-state index in [-0.39, 0.29) is 0 Å². The van der Waals surface area contributed by atoms with Crippen molar-refractivity contribution < 1.29 is 0 Å². The summed E-state index contributed by atoms with van der Waals surface area (Å²) < 4.78 is 4.61. The molecule has 0 atom stereocenters. The Kier molecular flexibility index (Phi) is 5.44. The minimum absolute atomic E-state index is 0.978. The molecule has 30 heavy (non-hydrogen) atoms. The normalized spacial score (nSPS) is 11.8. The Morgan fingerprint density at radius 1 is 0.833 bits per heavy atom. The lowest BCUT2D eigenvalue weighted by Crippen LogP contribution is -2.07. The van der Waals surface area contributed by atoms with Crippen LogP contribution in [0.1, 0.15) is 66.9 Å². The molecule has 3 heterocycles. The third kappa shape index (κ3) is 3.23. The van der Waals surface area contributed by atoms with Crippen molar-refractivity contribution in [1.29, 1.82) is 0 Å². The maximum Gasteiger partial charge on any atom is 0.165 e. The molecule has 0 unspecified atom stereocenters. The molecule has 0 aliphatic rings. The summed E-state index contributed by atoms with van der Waals surface area (Å²) in [6.07, 6.45) is 4.59. The highest BCUT2D eigenvalue weighted by molar-refractivity contribution is 5.90. The fourth-order valence-electron chi connectivity index (χ4n) is 4.97. The molecule has 158 valence electrons. The second-order valence-electron chi connectivity index (χ2n) is 8.79. The van der Waals surface area contributed by atoms with Gasteiger partial charge in [-0.1, -0.05) is 44.4 Å². The standard InChI is InChI=1S/C26H34N4/c1-8-10-12-29-21(11-9-2)15-22-19(6)27-25-24(20(7)28-30(25)26(22)29)23-17(4)13-16(3)14-18(23)5/h13-15H,8-12H2,1-7H3. The maximum atomic E-state index is 5.09. The number of benzene rings is 1. The van der Waals surface area contributed by atoms with Crippen LogP contribution in [0.15, 0.2) is 18.2 Å². The van der Waals surface area contributed by atoms with E-state index in [1.807, 2.05) is 0 Å². The number of rotatable bonds is 6. The van der Waals surface area contributed by atoms with Crippen LogP contribution in [-0.2, 0) is 13.0 Å². The first-order valence-electron chi connectivity index (χ1n) is 11.3. The number of unbranched alkanes of at least 4 members (excludes halogenated alkanes) is 1. The van der Waals surface area contributed by atoms with E-state index < -0.39 is 0 Å². The highest BCUT2D eigenvalue weighted by Gasteiger charge is 2.22. The molecule has 0 amide bonds. The summed E-state index contributed by atoms with van der Waals surface area (Å²) >= 11 is 0. The van der Waals surface area contributed by atoms with Crippen LogP contribution in [0.3, 0.4) is 0 Å². The molecule has 4 rings (SSSR count). The van der Waals surface area contributed by atoms with Crippen LogP contribution in [0, 0.1) is 34.6 Å². The third-order valence-corrected chi connectivity index (χ3v) is 6.22. The molecule has 0 spiro atoms. The van der Waals surface area contributed by atoms with E-state index in [2.05, 4.69) is 75.7 Å². The van der Waals surface area contributed by atoms with Gasteiger partial charge < -0.3 is 4.57 Å². The van der Waals surface area contributed by atoms with Gasteiger partial charge in [0.2, 0.25) is 0 Å². The van der Waals surface area contributed by atoms with Crippen molar-refractivity contribution in [2.24, 2.45) is 0 Å². The smallest absolute Gasteiger partial charge is 0.165 e. The SMILES string of the molecule is CCCCn1c(CCC)cc2c(C)nc3c(-c4c(C)cc(C)cc4C)c(C)nn3c21. The molecule has 0 bridgehead atoms. The van der Waals surface area contributed by atoms with Crippen molar-refractivity contribution >= 4 is 16.7 Å². The lowest BCUT2D eigenvalue weighted by Gasteiger charge is -2.12. The van der Waals surface area contributed by atoms with Crippen LogP contribution in [0.4, 0.5) is 0 Å². The van der Waals surface area contributed by atoms with Gasteiger partial charge in [0.25, 0.3) is 0 Å². The molecule has 0 aliphatic carbocycles. The highest BCUT2D eigenvalue weighted by Crippen LogP contribution is 2.36. The number of nitrogens with zero attached hydrogens (tertiary/aromatic N) is 4. The van der Waals surface area contributed by atoms with Gasteiger partial charge in [-0.05, 0) is 70.2 Å². The quantitative estimate of drug-likeness (QED) is 0.362. The largest absolute Gasteiger partial charge is 0.329 e. The van der Waals surface area contributed by atoms with Gasteiger partial charge in [-0.3, -0.25) is 0 Å². The number of aryl methyl sites for hydroxylation is 7. The zero-order valence-corrected chi connectivity index (χ0v) is 19.6. The topological polar surface area (TPSA) is 35.1 Å². The molecule has 0 N–H and O–H groups in total. The monoisotopic (exact) mass is 402 g/mol. The Bertz CT molecular complexity index is 1220. The summed E-state index contributed by atoms with van der Waals surface area (Å²) in [5, 5.41) is 6.27. The molecule has 0 aliphatic heterocycles. The molecule has 0 radical (unpaired) electrons. The zero-order chi connectivity index (χ0) is 21.6. The van der Waals surface area contributed by atoms with E-state index in [9.17, 15) is 0 Å². The number of fused-ring (bicyclic) bond motifs is 3. The van der Waals surface area contributed by atoms with Gasteiger partial charge in [-0.15, -0.1) is 0 Å². The Morgan fingerprint density at radius 2 is 1.53 bits per heavy atom. The van der Waals surface area contributed by atoms with E-state index in [0.717, 1.165) is 36.4 Å². The van der Waals surface area contributed by atoms with Gasteiger partial charge in [-0.25, -0.2) is 4.98 Å². The first-order chi connectivity index (χ1) is 14.4. The second-order valence-corrected chi connectivity index (χ2v) is 8.79. The Labute approximate surface area is 179 Å². The van der Waals surface area contributed by atoms with E-state index in [0.29, 0.717) is 0 Å². The molecular formula is C26H34N4. The van der Waals surface area contributed by atoms with Crippen LogP contribution >= 0.6 is 0 Å². The van der Waals surface area contributed by atoms with Crippen LogP contribution in [0.25, 0.3) is 27.8 Å². The van der Waals surface area contributed by atoms with Crippen molar-refractivity contribution in [1.82, 2.24) is 19.2 Å². The van der Waals surface area contributed by atoms with Crippen LogP contribution in [-0.4, -0.2) is 19.2 Å². The predicted molar refractivity (Wildman–Crippen MR) is 127 cm³/mol. The van der Waals surface area contributed by atoms with Crippen molar-refractivity contribution in [2.45, 2.75) is 80.7 Å². The first kappa shape index (κ1) is 20.6. The summed E-state index contributed by atoms with van der Waals surface area (Å²) in [7, 11) is 0. The van der Waals surface area contributed by atoms with Gasteiger partial charge in [0, 0.05) is 17.6 Å². The average Bonchev–Trinajstić information content (AvgIpc) is 3.18. The molecule has 4 nitrogen and oxygen atoms in total. The molecule has 0 saturated heterocycles. The summed E-state index contributed by atoms with van der Waals surface area (Å²) in [4.78, 5) is 5.09. The van der Waals surface area contributed by atoms with E-state index in [1.54, 1.807) is 0 Å². The Morgan fingerprint density at radius 3 is 2.17 bits per heavy atom. The third-order valence-electron chi connectivity index (χ3n) is 6.22. The predicted octanol–water partition coefficient (Wildman–Crippen LogP) is 6.65. The van der Waals surface area contributed by atoms with Crippen LogP contribution < -0.4 is 0 Å². The van der Waals surface area contributed by atoms with E-state index >= 15 is 0 Å². The first-order valence-corrected chi connectivity index (χ1v) is 11.3. The van der Waals surface area contributed by atoms with Gasteiger partial charge >= 0.3 is 0 Å². The van der Waals surface area contributed by atoms with Gasteiger partial charge in [-0.2, -0.15) is 9.61 Å². The number of aromatic nitrogens is 4. The summed E-state index contributed by atoms with van der Waals surface area (Å²) in [6, 6.07) is 6.87. The molecule has 1 aromatic carbocycles. The lowest BCUT2D eigenvalue weighted by molar-refractivity contribution is 0.612. The molecule has 0 saturated carbocycles. The molecule has 4 heteroatoms.